The van der Waals surface area contributed by atoms with E-state index < -0.39 is 6.10 Å². The minimum atomic E-state index is -0.429. The summed E-state index contributed by atoms with van der Waals surface area (Å²) in [5, 5.41) is 13.7. The van der Waals surface area contributed by atoms with Crippen LogP contribution in [0.2, 0.25) is 5.02 Å². The third-order valence-corrected chi connectivity index (χ3v) is 5.06. The number of nitrogens with one attached hydrogen (secondary N) is 1. The zero-order valence-corrected chi connectivity index (χ0v) is 14.1. The van der Waals surface area contributed by atoms with Crippen molar-refractivity contribution in [2.75, 3.05) is 18.4 Å². The summed E-state index contributed by atoms with van der Waals surface area (Å²) in [6.45, 7) is 1.05. The number of urea groups is 1. The van der Waals surface area contributed by atoms with Crippen molar-refractivity contribution in [3.05, 3.63) is 45.9 Å². The summed E-state index contributed by atoms with van der Waals surface area (Å²) in [7, 11) is 0. The van der Waals surface area contributed by atoms with Crippen LogP contribution in [0.15, 0.2) is 30.5 Å². The molecule has 0 radical (unpaired) electrons. The van der Waals surface area contributed by atoms with Crippen molar-refractivity contribution in [3.8, 4) is 0 Å². The van der Waals surface area contributed by atoms with Crippen LogP contribution in [0.1, 0.15) is 23.3 Å². The third-order valence-electron chi connectivity index (χ3n) is 3.77. The number of halogens is 1. The molecule has 1 aromatic heterocycles. The zero-order valence-electron chi connectivity index (χ0n) is 12.5. The third kappa shape index (κ3) is 4.22. The van der Waals surface area contributed by atoms with Gasteiger partial charge in [0.1, 0.15) is 0 Å². The van der Waals surface area contributed by atoms with Gasteiger partial charge in [0.05, 0.1) is 6.10 Å². The fourth-order valence-corrected chi connectivity index (χ4v) is 3.61. The Labute approximate surface area is 143 Å². The number of thiazole rings is 1. The highest BCUT2D eigenvalue weighted by Gasteiger charge is 2.22. The molecule has 0 spiro atoms. The number of β-amino-alcohol motifs (C(OH)–C–C–N with tert-alkyl or cyclic N) is 1. The van der Waals surface area contributed by atoms with Crippen LogP contribution in [0.4, 0.5) is 9.93 Å². The van der Waals surface area contributed by atoms with E-state index in [2.05, 4.69) is 10.3 Å². The Morgan fingerprint density at radius 1 is 1.48 bits per heavy atom. The molecule has 122 valence electrons. The van der Waals surface area contributed by atoms with Crippen molar-refractivity contribution in [2.24, 2.45) is 0 Å². The molecule has 5 nitrogen and oxygen atoms in total. The Hall–Kier alpha value is -1.63. The van der Waals surface area contributed by atoms with E-state index in [-0.39, 0.29) is 6.03 Å². The van der Waals surface area contributed by atoms with Gasteiger partial charge in [-0.1, -0.05) is 29.8 Å². The topological polar surface area (TPSA) is 65.5 Å². The van der Waals surface area contributed by atoms with Crippen molar-refractivity contribution < 1.29 is 9.90 Å². The van der Waals surface area contributed by atoms with Crippen molar-refractivity contribution in [3.63, 3.8) is 0 Å². The van der Waals surface area contributed by atoms with Crippen LogP contribution in [0.3, 0.4) is 0 Å². The van der Waals surface area contributed by atoms with Gasteiger partial charge in [0.15, 0.2) is 5.13 Å². The molecule has 0 saturated carbocycles. The van der Waals surface area contributed by atoms with Gasteiger partial charge in [-0.2, -0.15) is 0 Å². The maximum Gasteiger partial charge on any atom is 0.323 e. The Morgan fingerprint density at radius 3 is 3.09 bits per heavy atom. The SMILES string of the molecule is O=C(Nc1ncc(Cc2ccccc2Cl)s1)N1CCC[C@@H](O)C1. The first-order valence-electron chi connectivity index (χ1n) is 7.54. The summed E-state index contributed by atoms with van der Waals surface area (Å²) in [4.78, 5) is 19.1. The molecule has 1 aliphatic heterocycles. The highest BCUT2D eigenvalue weighted by molar-refractivity contribution is 7.15. The molecule has 1 saturated heterocycles. The summed E-state index contributed by atoms with van der Waals surface area (Å²) < 4.78 is 0. The summed E-state index contributed by atoms with van der Waals surface area (Å²) in [5.74, 6) is 0. The quantitative estimate of drug-likeness (QED) is 0.891. The lowest BCUT2D eigenvalue weighted by Crippen LogP contribution is -2.44. The second kappa shape index (κ2) is 7.29. The molecule has 0 bridgehead atoms. The van der Waals surface area contributed by atoms with Crippen LogP contribution in [-0.4, -0.2) is 40.2 Å². The first-order valence-corrected chi connectivity index (χ1v) is 8.73. The van der Waals surface area contributed by atoms with E-state index in [4.69, 9.17) is 11.6 Å². The fourth-order valence-electron chi connectivity index (χ4n) is 2.59. The van der Waals surface area contributed by atoms with Gasteiger partial charge >= 0.3 is 6.03 Å². The van der Waals surface area contributed by atoms with Crippen molar-refractivity contribution >= 4 is 34.1 Å². The number of amides is 2. The van der Waals surface area contributed by atoms with Crippen LogP contribution in [-0.2, 0) is 6.42 Å². The lowest BCUT2D eigenvalue weighted by molar-refractivity contribution is 0.0883. The molecule has 1 aromatic carbocycles. The van der Waals surface area contributed by atoms with Crippen LogP contribution in [0, 0.1) is 0 Å². The summed E-state index contributed by atoms with van der Waals surface area (Å²) in [6, 6.07) is 7.49. The number of hydrogen-bond donors (Lipinski definition) is 2. The number of aliphatic hydroxyl groups is 1. The molecule has 1 fully saturated rings. The Balaban J connectivity index is 1.61. The standard InChI is InChI=1S/C16H18ClN3O2S/c17-14-6-2-1-4-11(14)8-13-9-18-15(23-13)19-16(22)20-7-3-5-12(21)10-20/h1-2,4,6,9,12,21H,3,5,7-8,10H2,(H,18,19,22)/t12-/m1/s1. The molecule has 7 heteroatoms. The molecule has 3 rings (SSSR count). The number of benzene rings is 1. The number of piperidine rings is 1. The van der Waals surface area contributed by atoms with Gasteiger partial charge in [-0.15, -0.1) is 11.3 Å². The fraction of sp³-hybridized carbons (Fsp3) is 0.375. The van der Waals surface area contributed by atoms with E-state index in [1.165, 1.54) is 11.3 Å². The van der Waals surface area contributed by atoms with Gasteiger partial charge in [0, 0.05) is 35.6 Å². The monoisotopic (exact) mass is 351 g/mol. The average Bonchev–Trinajstić information content (AvgIpc) is 2.97. The van der Waals surface area contributed by atoms with Gasteiger partial charge in [-0.05, 0) is 24.5 Å². The van der Waals surface area contributed by atoms with Crippen molar-refractivity contribution in [2.45, 2.75) is 25.4 Å². The molecule has 2 heterocycles. The van der Waals surface area contributed by atoms with Gasteiger partial charge in [0.2, 0.25) is 0 Å². The van der Waals surface area contributed by atoms with Crippen molar-refractivity contribution in [1.29, 1.82) is 0 Å². The number of nitrogens with zero attached hydrogens (tertiary/aromatic N) is 2. The number of likely N-dealkylation sites (tertiary alicyclic amines) is 1. The van der Waals surface area contributed by atoms with Crippen LogP contribution < -0.4 is 5.32 Å². The summed E-state index contributed by atoms with van der Waals surface area (Å²) in [5.41, 5.74) is 1.04. The minimum Gasteiger partial charge on any atom is -0.391 e. The molecular formula is C16H18ClN3O2S. The molecule has 1 atom stereocenters. The number of rotatable bonds is 3. The van der Waals surface area contributed by atoms with Gasteiger partial charge in [-0.25, -0.2) is 9.78 Å². The predicted molar refractivity (Wildman–Crippen MR) is 92.2 cm³/mol. The van der Waals surface area contributed by atoms with E-state index in [0.717, 1.165) is 28.3 Å². The largest absolute Gasteiger partial charge is 0.391 e. The van der Waals surface area contributed by atoms with Crippen LogP contribution in [0.5, 0.6) is 0 Å². The molecule has 2 N–H and O–H groups in total. The lowest BCUT2D eigenvalue weighted by atomic mass is 10.1. The zero-order chi connectivity index (χ0) is 16.2. The lowest BCUT2D eigenvalue weighted by Gasteiger charge is -2.29. The molecule has 0 unspecified atom stereocenters. The van der Waals surface area contributed by atoms with E-state index in [1.54, 1.807) is 11.1 Å². The number of anilines is 1. The highest BCUT2D eigenvalue weighted by atomic mass is 35.5. The van der Waals surface area contributed by atoms with E-state index >= 15 is 0 Å². The number of carbonyl (C=O) groups excluding carboxylic acids is 1. The molecular weight excluding hydrogens is 334 g/mol. The van der Waals surface area contributed by atoms with E-state index in [1.807, 2.05) is 24.3 Å². The molecule has 0 aliphatic carbocycles. The Kier molecular flexibility index (Phi) is 5.15. The smallest absolute Gasteiger partial charge is 0.323 e. The minimum absolute atomic E-state index is 0.206. The highest BCUT2D eigenvalue weighted by Crippen LogP contribution is 2.25. The van der Waals surface area contributed by atoms with E-state index in [9.17, 15) is 9.90 Å². The Morgan fingerprint density at radius 2 is 2.30 bits per heavy atom. The predicted octanol–water partition coefficient (Wildman–Crippen LogP) is 3.38. The first-order chi connectivity index (χ1) is 11.1. The van der Waals surface area contributed by atoms with Gasteiger partial charge < -0.3 is 10.0 Å². The second-order valence-electron chi connectivity index (χ2n) is 5.57. The number of hydrogen-bond acceptors (Lipinski definition) is 4. The average molecular weight is 352 g/mol. The van der Waals surface area contributed by atoms with E-state index in [0.29, 0.717) is 24.6 Å². The maximum absolute atomic E-state index is 12.2. The number of carbonyl (C=O) groups is 1. The maximum atomic E-state index is 12.2. The number of aromatic nitrogens is 1. The molecule has 1 aliphatic rings. The Bertz CT molecular complexity index is 691. The number of aliphatic hydroxyl groups excluding tert-OH is 1. The van der Waals surface area contributed by atoms with Gasteiger partial charge in [0.25, 0.3) is 0 Å². The molecule has 2 aromatic rings. The molecule has 2 amide bonds. The normalized spacial score (nSPS) is 18.0. The van der Waals surface area contributed by atoms with Crippen LogP contribution in [0.25, 0.3) is 0 Å². The van der Waals surface area contributed by atoms with Gasteiger partial charge in [-0.3, -0.25) is 5.32 Å². The summed E-state index contributed by atoms with van der Waals surface area (Å²) >= 11 is 7.60. The van der Waals surface area contributed by atoms with Crippen LogP contribution >= 0.6 is 22.9 Å². The second-order valence-corrected chi connectivity index (χ2v) is 7.09. The molecule has 23 heavy (non-hydrogen) atoms. The first kappa shape index (κ1) is 16.2. The summed E-state index contributed by atoms with van der Waals surface area (Å²) in [6.07, 6.45) is 3.60. The van der Waals surface area contributed by atoms with Crippen molar-refractivity contribution in [1.82, 2.24) is 9.88 Å².